The van der Waals surface area contributed by atoms with E-state index in [9.17, 15) is 9.59 Å². The molecule has 2 aromatic carbocycles. The smallest absolute Gasteiger partial charge is 0.240 e. The number of carbonyl (C=O) groups excluding carboxylic acids is 2. The molecule has 25 heavy (non-hydrogen) atoms. The summed E-state index contributed by atoms with van der Waals surface area (Å²) in [7, 11) is 0. The van der Waals surface area contributed by atoms with Crippen LogP contribution in [0.4, 0.5) is 11.4 Å². The zero-order valence-electron chi connectivity index (χ0n) is 13.8. The molecule has 130 valence electrons. The van der Waals surface area contributed by atoms with Gasteiger partial charge in [0, 0.05) is 13.2 Å². The van der Waals surface area contributed by atoms with E-state index in [1.807, 2.05) is 30.3 Å². The standard InChI is InChI=1S/C15H10N2O2.C4H10O2/c18-10-16-14-7-5-12(6-8-14)9-13-3-1-2-4-15(13)17-11-19;5-3-1-2-4-6/h1-8H,9H2;5-6H,1-4H2. The lowest BCUT2D eigenvalue weighted by molar-refractivity contribution is 0.242. The Morgan fingerprint density at radius 1 is 0.800 bits per heavy atom. The lowest BCUT2D eigenvalue weighted by Crippen LogP contribution is -1.88. The van der Waals surface area contributed by atoms with Crippen molar-refractivity contribution in [2.45, 2.75) is 19.3 Å². The molecule has 0 aromatic heterocycles. The van der Waals surface area contributed by atoms with Gasteiger partial charge in [0.15, 0.2) is 0 Å². The summed E-state index contributed by atoms with van der Waals surface area (Å²) in [5, 5.41) is 16.2. The second-order valence-electron chi connectivity index (χ2n) is 5.03. The van der Waals surface area contributed by atoms with Crippen LogP contribution in [0.15, 0.2) is 58.5 Å². The van der Waals surface area contributed by atoms with Crippen molar-refractivity contribution in [3.05, 3.63) is 59.7 Å². The summed E-state index contributed by atoms with van der Waals surface area (Å²) in [5.74, 6) is 0. The van der Waals surface area contributed by atoms with Gasteiger partial charge in [-0.2, -0.15) is 9.98 Å². The third kappa shape index (κ3) is 7.97. The van der Waals surface area contributed by atoms with Crippen molar-refractivity contribution in [3.63, 3.8) is 0 Å². The van der Waals surface area contributed by atoms with Gasteiger partial charge in [-0.25, -0.2) is 9.59 Å². The van der Waals surface area contributed by atoms with Crippen molar-refractivity contribution in [1.82, 2.24) is 0 Å². The Balaban J connectivity index is 0.000000450. The maximum atomic E-state index is 10.4. The molecular formula is C19H20N2O4. The zero-order chi connectivity index (χ0) is 18.3. The minimum atomic E-state index is 0.195. The molecule has 0 amide bonds. The fourth-order valence-electron chi connectivity index (χ4n) is 2.00. The molecule has 0 aliphatic heterocycles. The topological polar surface area (TPSA) is 99.3 Å². The minimum Gasteiger partial charge on any atom is -0.396 e. The average molecular weight is 340 g/mol. The molecule has 0 aliphatic carbocycles. The Morgan fingerprint density at radius 2 is 1.40 bits per heavy atom. The molecule has 6 nitrogen and oxygen atoms in total. The summed E-state index contributed by atoms with van der Waals surface area (Å²) < 4.78 is 0. The second-order valence-corrected chi connectivity index (χ2v) is 5.03. The van der Waals surface area contributed by atoms with Crippen LogP contribution in [0, 0.1) is 0 Å². The first-order valence-corrected chi connectivity index (χ1v) is 7.79. The number of benzene rings is 2. The van der Waals surface area contributed by atoms with E-state index in [2.05, 4.69) is 9.98 Å². The summed E-state index contributed by atoms with van der Waals surface area (Å²) in [5.41, 5.74) is 3.17. The van der Waals surface area contributed by atoms with E-state index in [1.54, 1.807) is 24.3 Å². The quantitative estimate of drug-likeness (QED) is 0.460. The van der Waals surface area contributed by atoms with Crippen molar-refractivity contribution < 1.29 is 19.8 Å². The summed E-state index contributed by atoms with van der Waals surface area (Å²) in [6.45, 7) is 0.390. The number of aliphatic hydroxyl groups is 2. The largest absolute Gasteiger partial charge is 0.396 e. The summed E-state index contributed by atoms with van der Waals surface area (Å²) in [4.78, 5) is 27.7. The van der Waals surface area contributed by atoms with Crippen molar-refractivity contribution in [2.75, 3.05) is 13.2 Å². The predicted molar refractivity (Wildman–Crippen MR) is 94.7 cm³/mol. The summed E-state index contributed by atoms with van der Waals surface area (Å²) >= 11 is 0. The van der Waals surface area contributed by atoms with E-state index in [0.29, 0.717) is 17.8 Å². The lowest BCUT2D eigenvalue weighted by Gasteiger charge is -2.04. The molecule has 2 aromatic rings. The Kier molecular flexibility index (Phi) is 10.1. The van der Waals surface area contributed by atoms with Gasteiger partial charge in [-0.3, -0.25) is 0 Å². The molecule has 0 spiro atoms. The second kappa shape index (κ2) is 12.5. The van der Waals surface area contributed by atoms with Crippen LogP contribution in [0.5, 0.6) is 0 Å². The van der Waals surface area contributed by atoms with Gasteiger partial charge in [0.1, 0.15) is 0 Å². The van der Waals surface area contributed by atoms with Crippen LogP contribution in [0.25, 0.3) is 0 Å². The van der Waals surface area contributed by atoms with Gasteiger partial charge in [-0.1, -0.05) is 30.3 Å². The molecule has 0 unspecified atom stereocenters. The van der Waals surface area contributed by atoms with Gasteiger partial charge in [0.05, 0.1) is 11.4 Å². The number of hydrogen-bond donors (Lipinski definition) is 2. The number of hydrogen-bond acceptors (Lipinski definition) is 6. The normalized spacial score (nSPS) is 9.20. The molecule has 0 atom stereocenters. The monoisotopic (exact) mass is 340 g/mol. The molecule has 0 aliphatic rings. The molecule has 0 fully saturated rings. The molecule has 0 heterocycles. The Hall–Kier alpha value is -2.88. The van der Waals surface area contributed by atoms with E-state index in [0.717, 1.165) is 24.0 Å². The maximum absolute atomic E-state index is 10.4. The number of para-hydroxylation sites is 1. The van der Waals surface area contributed by atoms with E-state index in [4.69, 9.17) is 10.2 Å². The fraction of sp³-hybridized carbons (Fsp3) is 0.263. The third-order valence-corrected chi connectivity index (χ3v) is 3.23. The van der Waals surface area contributed by atoms with Crippen LogP contribution >= 0.6 is 0 Å². The van der Waals surface area contributed by atoms with Gasteiger partial charge < -0.3 is 10.2 Å². The van der Waals surface area contributed by atoms with Crippen LogP contribution in [0.1, 0.15) is 24.0 Å². The molecular weight excluding hydrogens is 320 g/mol. The van der Waals surface area contributed by atoms with E-state index in [1.165, 1.54) is 6.08 Å². The van der Waals surface area contributed by atoms with Crippen LogP contribution in [0.3, 0.4) is 0 Å². The van der Waals surface area contributed by atoms with Crippen LogP contribution in [-0.2, 0) is 16.0 Å². The first-order chi connectivity index (χ1) is 12.2. The van der Waals surface area contributed by atoms with Gasteiger partial charge in [-0.05, 0) is 48.6 Å². The molecule has 0 radical (unpaired) electrons. The molecule has 0 saturated carbocycles. The minimum absolute atomic E-state index is 0.195. The van der Waals surface area contributed by atoms with Crippen LogP contribution in [-0.4, -0.2) is 35.6 Å². The van der Waals surface area contributed by atoms with Gasteiger partial charge in [0.25, 0.3) is 0 Å². The van der Waals surface area contributed by atoms with Gasteiger partial charge >= 0.3 is 0 Å². The predicted octanol–water partition coefficient (Wildman–Crippen LogP) is 2.96. The Morgan fingerprint density at radius 3 is 1.96 bits per heavy atom. The maximum Gasteiger partial charge on any atom is 0.240 e. The molecule has 2 N–H and O–H groups in total. The third-order valence-electron chi connectivity index (χ3n) is 3.23. The summed E-state index contributed by atoms with van der Waals surface area (Å²) in [6, 6.07) is 14.6. The molecule has 2 rings (SSSR count). The highest BCUT2D eigenvalue weighted by atomic mass is 16.3. The van der Waals surface area contributed by atoms with Crippen molar-refractivity contribution in [2.24, 2.45) is 9.98 Å². The summed E-state index contributed by atoms with van der Waals surface area (Å²) in [6.07, 6.45) is 5.13. The fourth-order valence-corrected chi connectivity index (χ4v) is 2.00. The number of unbranched alkanes of at least 4 members (excludes halogenated alkanes) is 1. The van der Waals surface area contributed by atoms with E-state index in [-0.39, 0.29) is 13.2 Å². The lowest BCUT2D eigenvalue weighted by atomic mass is 10.0. The molecule has 0 bridgehead atoms. The molecule has 6 heteroatoms. The van der Waals surface area contributed by atoms with Gasteiger partial charge in [0.2, 0.25) is 12.2 Å². The van der Waals surface area contributed by atoms with Crippen LogP contribution < -0.4 is 0 Å². The first kappa shape index (κ1) is 20.2. The highest BCUT2D eigenvalue weighted by Gasteiger charge is 2.02. The zero-order valence-corrected chi connectivity index (χ0v) is 13.8. The van der Waals surface area contributed by atoms with E-state index < -0.39 is 0 Å². The molecule has 0 saturated heterocycles. The first-order valence-electron chi connectivity index (χ1n) is 7.79. The van der Waals surface area contributed by atoms with Crippen molar-refractivity contribution in [1.29, 1.82) is 0 Å². The number of aliphatic hydroxyl groups excluding tert-OH is 2. The van der Waals surface area contributed by atoms with Crippen molar-refractivity contribution in [3.8, 4) is 0 Å². The van der Waals surface area contributed by atoms with Crippen molar-refractivity contribution >= 4 is 23.5 Å². The average Bonchev–Trinajstić information content (AvgIpc) is 2.64. The van der Waals surface area contributed by atoms with Gasteiger partial charge in [-0.15, -0.1) is 0 Å². The number of nitrogens with zero attached hydrogens (tertiary/aromatic N) is 2. The highest BCUT2D eigenvalue weighted by Crippen LogP contribution is 2.22. The Labute approximate surface area is 146 Å². The Bertz CT molecular complexity index is 727. The SMILES string of the molecule is O=C=Nc1ccc(Cc2ccccc2N=C=O)cc1.OCCCCO. The highest BCUT2D eigenvalue weighted by molar-refractivity contribution is 5.55. The van der Waals surface area contributed by atoms with Crippen LogP contribution in [0.2, 0.25) is 0 Å². The number of aliphatic imine (C=N–C) groups is 2. The number of isocyanates is 2. The van der Waals surface area contributed by atoms with E-state index >= 15 is 0 Å². The number of rotatable bonds is 7.